The van der Waals surface area contributed by atoms with Crippen LogP contribution in [-0.4, -0.2) is 17.4 Å². The molecule has 2 nitrogen and oxygen atoms in total. The van der Waals surface area contributed by atoms with Crippen molar-refractivity contribution in [2.24, 2.45) is 0 Å². The molecule has 2 aromatic rings. The van der Waals surface area contributed by atoms with Crippen LogP contribution in [0.2, 0.25) is 0 Å². The second kappa shape index (κ2) is 5.52. The number of hydrogen-bond donors (Lipinski definition) is 0. The van der Waals surface area contributed by atoms with Crippen LogP contribution in [0.3, 0.4) is 0 Å². The van der Waals surface area contributed by atoms with Crippen LogP contribution >= 0.6 is 0 Å². The molecule has 2 aliphatic rings. The molecular formula is C21H23NO. The van der Waals surface area contributed by atoms with E-state index >= 15 is 0 Å². The van der Waals surface area contributed by atoms with Crippen molar-refractivity contribution in [3.05, 3.63) is 70.8 Å². The number of benzene rings is 2. The van der Waals surface area contributed by atoms with Crippen molar-refractivity contribution in [1.82, 2.24) is 4.90 Å². The maximum atomic E-state index is 12.4. The number of rotatable bonds is 2. The van der Waals surface area contributed by atoms with Crippen LogP contribution in [0.4, 0.5) is 0 Å². The van der Waals surface area contributed by atoms with E-state index in [1.807, 2.05) is 18.2 Å². The number of amides is 1. The number of likely N-dealkylation sites (tertiary alicyclic amines) is 1. The maximum absolute atomic E-state index is 12.4. The molecule has 0 bridgehead atoms. The summed E-state index contributed by atoms with van der Waals surface area (Å²) >= 11 is 0. The summed E-state index contributed by atoms with van der Waals surface area (Å²) in [5.41, 5.74) is 5.73. The standard InChI is InChI=1S/C21H23NO/c1-16-7-8-18-9-11-21(19(18)13-16)12-10-20(23)22(15-21)14-17-5-3-2-4-6-17/h2-8,13H,9-12,14-15H2,1H3. The topological polar surface area (TPSA) is 20.3 Å². The number of piperidine rings is 1. The number of nitrogens with zero attached hydrogens (tertiary/aromatic N) is 1. The van der Waals surface area contributed by atoms with Crippen LogP contribution in [0.25, 0.3) is 0 Å². The summed E-state index contributed by atoms with van der Waals surface area (Å²) in [6.45, 7) is 3.78. The minimum Gasteiger partial charge on any atom is -0.337 e. The van der Waals surface area contributed by atoms with E-state index in [4.69, 9.17) is 0 Å². The Morgan fingerprint density at radius 3 is 2.65 bits per heavy atom. The van der Waals surface area contributed by atoms with Crippen LogP contribution < -0.4 is 0 Å². The van der Waals surface area contributed by atoms with Gasteiger partial charge in [-0.3, -0.25) is 4.79 Å². The molecule has 118 valence electrons. The summed E-state index contributed by atoms with van der Waals surface area (Å²) < 4.78 is 0. The summed E-state index contributed by atoms with van der Waals surface area (Å²) in [6.07, 6.45) is 4.03. The van der Waals surface area contributed by atoms with Crippen molar-refractivity contribution in [3.8, 4) is 0 Å². The Balaban J connectivity index is 1.63. The molecule has 1 unspecified atom stereocenters. The van der Waals surface area contributed by atoms with Gasteiger partial charge in [-0.1, -0.05) is 54.1 Å². The molecule has 1 aliphatic carbocycles. The molecule has 1 amide bonds. The number of fused-ring (bicyclic) bond motifs is 2. The second-order valence-electron chi connectivity index (χ2n) is 7.18. The molecule has 1 heterocycles. The Morgan fingerprint density at radius 1 is 1.04 bits per heavy atom. The summed E-state index contributed by atoms with van der Waals surface area (Å²) in [6, 6.07) is 17.2. The van der Waals surface area contributed by atoms with Gasteiger partial charge in [0.2, 0.25) is 5.91 Å². The monoisotopic (exact) mass is 305 g/mol. The average Bonchev–Trinajstić information content (AvgIpc) is 2.90. The van der Waals surface area contributed by atoms with Crippen molar-refractivity contribution >= 4 is 5.91 Å². The highest BCUT2D eigenvalue weighted by molar-refractivity contribution is 5.78. The van der Waals surface area contributed by atoms with E-state index in [1.54, 1.807) is 0 Å². The molecule has 1 aliphatic heterocycles. The van der Waals surface area contributed by atoms with E-state index in [1.165, 1.54) is 28.7 Å². The van der Waals surface area contributed by atoms with Gasteiger partial charge in [0.15, 0.2) is 0 Å². The van der Waals surface area contributed by atoms with Gasteiger partial charge in [0, 0.05) is 24.9 Å². The predicted octanol–water partition coefficient (Wildman–Crippen LogP) is 4.00. The first kappa shape index (κ1) is 14.5. The van der Waals surface area contributed by atoms with Crippen molar-refractivity contribution in [3.63, 3.8) is 0 Å². The van der Waals surface area contributed by atoms with Crippen molar-refractivity contribution in [1.29, 1.82) is 0 Å². The molecule has 2 heteroatoms. The lowest BCUT2D eigenvalue weighted by molar-refractivity contribution is -0.136. The molecule has 1 fully saturated rings. The molecule has 2 aromatic carbocycles. The number of hydrogen-bond acceptors (Lipinski definition) is 1. The minimum atomic E-state index is 0.185. The zero-order valence-corrected chi connectivity index (χ0v) is 13.7. The fourth-order valence-corrected chi connectivity index (χ4v) is 4.32. The van der Waals surface area contributed by atoms with E-state index < -0.39 is 0 Å². The smallest absolute Gasteiger partial charge is 0.222 e. The SMILES string of the molecule is Cc1ccc2c(c1)C1(CCC(=O)N(Cc3ccccc3)C1)CC2. The summed E-state index contributed by atoms with van der Waals surface area (Å²) in [5, 5.41) is 0. The molecule has 0 saturated carbocycles. The molecular weight excluding hydrogens is 282 g/mol. The van der Waals surface area contributed by atoms with Crippen LogP contribution in [-0.2, 0) is 23.2 Å². The molecule has 1 saturated heterocycles. The fourth-order valence-electron chi connectivity index (χ4n) is 4.32. The Morgan fingerprint density at radius 2 is 1.83 bits per heavy atom. The largest absolute Gasteiger partial charge is 0.337 e. The van der Waals surface area contributed by atoms with Crippen molar-refractivity contribution < 1.29 is 4.79 Å². The van der Waals surface area contributed by atoms with Gasteiger partial charge in [-0.2, -0.15) is 0 Å². The quantitative estimate of drug-likeness (QED) is 0.821. The Bertz CT molecular complexity index is 737. The molecule has 23 heavy (non-hydrogen) atoms. The average molecular weight is 305 g/mol. The molecule has 0 N–H and O–H groups in total. The highest BCUT2D eigenvalue weighted by Crippen LogP contribution is 2.45. The van der Waals surface area contributed by atoms with Crippen molar-refractivity contribution in [2.45, 2.75) is 44.6 Å². The van der Waals surface area contributed by atoms with Crippen LogP contribution in [0, 0.1) is 6.92 Å². The van der Waals surface area contributed by atoms with Gasteiger partial charge in [-0.25, -0.2) is 0 Å². The molecule has 4 rings (SSSR count). The second-order valence-corrected chi connectivity index (χ2v) is 7.18. The Kier molecular flexibility index (Phi) is 3.48. The van der Waals surface area contributed by atoms with Gasteiger partial charge < -0.3 is 4.90 Å². The number of carbonyl (C=O) groups is 1. The predicted molar refractivity (Wildman–Crippen MR) is 92.3 cm³/mol. The molecule has 0 aromatic heterocycles. The van der Waals surface area contributed by atoms with E-state index in [-0.39, 0.29) is 5.41 Å². The van der Waals surface area contributed by atoms with Gasteiger partial charge >= 0.3 is 0 Å². The normalized spacial score (nSPS) is 23.3. The van der Waals surface area contributed by atoms with Crippen molar-refractivity contribution in [2.75, 3.05) is 6.54 Å². The van der Waals surface area contributed by atoms with Crippen LogP contribution in [0.15, 0.2) is 48.5 Å². The minimum absolute atomic E-state index is 0.185. The van der Waals surface area contributed by atoms with Gasteiger partial charge in [-0.05, 0) is 42.9 Å². The third-order valence-electron chi connectivity index (χ3n) is 5.59. The van der Waals surface area contributed by atoms with E-state index in [0.29, 0.717) is 12.3 Å². The first-order valence-electron chi connectivity index (χ1n) is 8.58. The van der Waals surface area contributed by atoms with Gasteiger partial charge in [0.1, 0.15) is 0 Å². The lowest BCUT2D eigenvalue weighted by Crippen LogP contribution is -2.47. The lowest BCUT2D eigenvalue weighted by Gasteiger charge is -2.41. The van der Waals surface area contributed by atoms with Crippen LogP contribution in [0.1, 0.15) is 41.5 Å². The van der Waals surface area contributed by atoms with E-state index in [0.717, 1.165) is 25.9 Å². The number of carbonyl (C=O) groups excluding carboxylic acids is 1. The molecule has 1 spiro atoms. The Labute approximate surface area is 138 Å². The van der Waals surface area contributed by atoms with Gasteiger partial charge in [0.05, 0.1) is 0 Å². The Hall–Kier alpha value is -2.09. The molecule has 0 radical (unpaired) electrons. The fraction of sp³-hybridized carbons (Fsp3) is 0.381. The highest BCUT2D eigenvalue weighted by Gasteiger charge is 2.44. The van der Waals surface area contributed by atoms with Crippen LogP contribution in [0.5, 0.6) is 0 Å². The third kappa shape index (κ3) is 2.56. The van der Waals surface area contributed by atoms with E-state index in [2.05, 4.69) is 42.2 Å². The highest BCUT2D eigenvalue weighted by atomic mass is 16.2. The summed E-state index contributed by atoms with van der Waals surface area (Å²) in [5.74, 6) is 0.306. The lowest BCUT2D eigenvalue weighted by atomic mass is 9.74. The first-order valence-corrected chi connectivity index (χ1v) is 8.58. The first-order chi connectivity index (χ1) is 11.2. The third-order valence-corrected chi connectivity index (χ3v) is 5.59. The number of aryl methyl sites for hydroxylation is 2. The zero-order chi connectivity index (χ0) is 15.9. The zero-order valence-electron chi connectivity index (χ0n) is 13.7. The van der Waals surface area contributed by atoms with Gasteiger partial charge in [-0.15, -0.1) is 0 Å². The molecule has 1 atom stereocenters. The maximum Gasteiger partial charge on any atom is 0.222 e. The van der Waals surface area contributed by atoms with E-state index in [9.17, 15) is 4.79 Å². The summed E-state index contributed by atoms with van der Waals surface area (Å²) in [4.78, 5) is 14.5. The van der Waals surface area contributed by atoms with Gasteiger partial charge in [0.25, 0.3) is 0 Å². The summed E-state index contributed by atoms with van der Waals surface area (Å²) in [7, 11) is 0.